The number of aryl methyl sites for hydroxylation is 1. The van der Waals surface area contributed by atoms with Crippen LogP contribution in [0.1, 0.15) is 21.6 Å². The number of hydrogen-bond acceptors (Lipinski definition) is 5. The largest absolute Gasteiger partial charge is 0.479 e. The molecule has 4 rings (SSSR count). The molecule has 6 nitrogen and oxygen atoms in total. The highest BCUT2D eigenvalue weighted by Gasteiger charge is 2.14. The SMILES string of the molecule is Cc1ccc(-c2nc(C=Nc3cccc(C(=O)N(C)c4ccccc4)c3)c(O)o2)cc1. The number of aromatic nitrogens is 1. The molecule has 4 aromatic rings. The summed E-state index contributed by atoms with van der Waals surface area (Å²) in [7, 11) is 1.73. The van der Waals surface area contributed by atoms with Crippen molar-refractivity contribution in [2.45, 2.75) is 6.92 Å². The predicted octanol–water partition coefficient (Wildman–Crippen LogP) is 5.38. The molecule has 0 radical (unpaired) electrons. The van der Waals surface area contributed by atoms with Crippen LogP contribution in [0.5, 0.6) is 5.95 Å². The zero-order valence-corrected chi connectivity index (χ0v) is 17.2. The molecule has 1 aromatic heterocycles. The van der Waals surface area contributed by atoms with Crippen molar-refractivity contribution in [1.29, 1.82) is 0 Å². The molecule has 31 heavy (non-hydrogen) atoms. The number of carbonyl (C=O) groups is 1. The van der Waals surface area contributed by atoms with Crippen LogP contribution in [0, 0.1) is 6.92 Å². The molecular weight excluding hydrogens is 390 g/mol. The van der Waals surface area contributed by atoms with Crippen molar-refractivity contribution < 1.29 is 14.3 Å². The molecule has 0 unspecified atom stereocenters. The van der Waals surface area contributed by atoms with E-state index in [4.69, 9.17) is 4.42 Å². The summed E-state index contributed by atoms with van der Waals surface area (Å²) in [6.07, 6.45) is 1.42. The maximum Gasteiger partial charge on any atom is 0.312 e. The lowest BCUT2D eigenvalue weighted by Gasteiger charge is -2.17. The van der Waals surface area contributed by atoms with Crippen LogP contribution in [-0.2, 0) is 0 Å². The van der Waals surface area contributed by atoms with Gasteiger partial charge in [-0.2, -0.15) is 0 Å². The highest BCUT2D eigenvalue weighted by Crippen LogP contribution is 2.26. The summed E-state index contributed by atoms with van der Waals surface area (Å²) in [5.74, 6) is -0.142. The van der Waals surface area contributed by atoms with Crippen LogP contribution < -0.4 is 4.90 Å². The number of para-hydroxylation sites is 1. The monoisotopic (exact) mass is 411 g/mol. The second kappa shape index (κ2) is 8.67. The number of benzene rings is 3. The highest BCUT2D eigenvalue weighted by molar-refractivity contribution is 6.06. The van der Waals surface area contributed by atoms with Gasteiger partial charge in [-0.15, -0.1) is 0 Å². The van der Waals surface area contributed by atoms with Gasteiger partial charge in [0.25, 0.3) is 5.91 Å². The molecular formula is C25H21N3O3. The Morgan fingerprint density at radius 2 is 1.77 bits per heavy atom. The van der Waals surface area contributed by atoms with Gasteiger partial charge in [-0.25, -0.2) is 4.98 Å². The Morgan fingerprint density at radius 1 is 1.03 bits per heavy atom. The van der Waals surface area contributed by atoms with E-state index in [-0.39, 0.29) is 17.5 Å². The molecule has 6 heteroatoms. The molecule has 1 amide bonds. The third-order valence-electron chi connectivity index (χ3n) is 4.81. The van der Waals surface area contributed by atoms with Crippen LogP contribution in [0.3, 0.4) is 0 Å². The van der Waals surface area contributed by atoms with Crippen molar-refractivity contribution in [3.8, 4) is 17.4 Å². The minimum atomic E-state index is -0.310. The summed E-state index contributed by atoms with van der Waals surface area (Å²) >= 11 is 0. The van der Waals surface area contributed by atoms with Gasteiger partial charge in [0, 0.05) is 23.9 Å². The van der Waals surface area contributed by atoms with E-state index < -0.39 is 0 Å². The Bertz CT molecular complexity index is 1230. The molecule has 0 aliphatic rings. The van der Waals surface area contributed by atoms with Crippen molar-refractivity contribution >= 4 is 23.5 Å². The first-order valence-corrected chi connectivity index (χ1v) is 9.75. The zero-order valence-electron chi connectivity index (χ0n) is 17.2. The molecule has 0 aliphatic heterocycles. The molecule has 1 heterocycles. The van der Waals surface area contributed by atoms with Crippen LogP contribution in [0.25, 0.3) is 11.5 Å². The average molecular weight is 411 g/mol. The number of nitrogens with zero attached hydrogens (tertiary/aromatic N) is 3. The number of anilines is 1. The fourth-order valence-corrected chi connectivity index (χ4v) is 3.05. The lowest BCUT2D eigenvalue weighted by Crippen LogP contribution is -2.25. The molecule has 154 valence electrons. The van der Waals surface area contributed by atoms with Gasteiger partial charge in [0.2, 0.25) is 5.89 Å². The van der Waals surface area contributed by atoms with Gasteiger partial charge in [-0.1, -0.05) is 42.0 Å². The predicted molar refractivity (Wildman–Crippen MR) is 121 cm³/mol. The van der Waals surface area contributed by atoms with E-state index in [9.17, 15) is 9.90 Å². The molecule has 0 spiro atoms. The lowest BCUT2D eigenvalue weighted by molar-refractivity contribution is 0.0993. The molecule has 0 bridgehead atoms. The van der Waals surface area contributed by atoms with Crippen molar-refractivity contribution in [2.24, 2.45) is 4.99 Å². The van der Waals surface area contributed by atoms with Gasteiger partial charge in [0.05, 0.1) is 11.9 Å². The molecule has 0 aliphatic carbocycles. The Balaban J connectivity index is 1.54. The zero-order chi connectivity index (χ0) is 21.8. The molecule has 3 aromatic carbocycles. The number of oxazole rings is 1. The van der Waals surface area contributed by atoms with Gasteiger partial charge in [0.15, 0.2) is 5.69 Å². The molecule has 0 fully saturated rings. The second-order valence-electron chi connectivity index (χ2n) is 7.08. The Labute approximate surface area is 180 Å². The molecule has 0 atom stereocenters. The first-order chi connectivity index (χ1) is 15.0. The number of rotatable bonds is 5. The third-order valence-corrected chi connectivity index (χ3v) is 4.81. The maximum absolute atomic E-state index is 12.8. The number of aromatic hydroxyl groups is 1. The topological polar surface area (TPSA) is 78.9 Å². The van der Waals surface area contributed by atoms with Gasteiger partial charge >= 0.3 is 5.95 Å². The van der Waals surface area contributed by atoms with Crippen molar-refractivity contribution in [3.05, 3.63) is 95.7 Å². The molecule has 0 saturated heterocycles. The summed E-state index contributed by atoms with van der Waals surface area (Å²) in [4.78, 5) is 23.1. The third kappa shape index (κ3) is 4.53. The fourth-order valence-electron chi connectivity index (χ4n) is 3.05. The number of amides is 1. The van der Waals surface area contributed by atoms with Crippen LogP contribution >= 0.6 is 0 Å². The summed E-state index contributed by atoms with van der Waals surface area (Å²) < 4.78 is 5.36. The summed E-state index contributed by atoms with van der Waals surface area (Å²) in [6, 6.07) is 24.0. The summed E-state index contributed by atoms with van der Waals surface area (Å²) in [6.45, 7) is 1.99. The van der Waals surface area contributed by atoms with Crippen LogP contribution in [-0.4, -0.2) is 29.3 Å². The average Bonchev–Trinajstić information content (AvgIpc) is 3.18. The number of aliphatic imine (C=N–C) groups is 1. The van der Waals surface area contributed by atoms with Crippen molar-refractivity contribution in [3.63, 3.8) is 0 Å². The quantitative estimate of drug-likeness (QED) is 0.447. The minimum absolute atomic E-state index is 0.144. The first-order valence-electron chi connectivity index (χ1n) is 9.75. The Kier molecular flexibility index (Phi) is 5.62. The van der Waals surface area contributed by atoms with E-state index in [0.717, 1.165) is 16.8 Å². The number of carbonyl (C=O) groups excluding carboxylic acids is 1. The van der Waals surface area contributed by atoms with E-state index >= 15 is 0 Å². The normalized spacial score (nSPS) is 11.0. The Hall–Kier alpha value is -4.19. The van der Waals surface area contributed by atoms with E-state index in [1.54, 1.807) is 36.2 Å². The molecule has 1 N–H and O–H groups in total. The Morgan fingerprint density at radius 3 is 2.52 bits per heavy atom. The standard InChI is InChI=1S/C25H21N3O3/c1-17-11-13-18(14-12-17)23-27-22(25(30)31-23)16-26-20-8-6-7-19(15-20)24(29)28(2)21-9-4-3-5-10-21/h3-16,30H,1-2H3. The summed E-state index contributed by atoms with van der Waals surface area (Å²) in [5, 5.41) is 10.1. The second-order valence-corrected chi connectivity index (χ2v) is 7.08. The van der Waals surface area contributed by atoms with E-state index in [0.29, 0.717) is 17.1 Å². The van der Waals surface area contributed by atoms with Crippen LogP contribution in [0.2, 0.25) is 0 Å². The van der Waals surface area contributed by atoms with Crippen LogP contribution in [0.15, 0.2) is 88.3 Å². The highest BCUT2D eigenvalue weighted by atomic mass is 16.5. The number of hydrogen-bond donors (Lipinski definition) is 1. The van der Waals surface area contributed by atoms with Gasteiger partial charge in [0.1, 0.15) is 0 Å². The van der Waals surface area contributed by atoms with E-state index in [1.165, 1.54) is 6.21 Å². The van der Waals surface area contributed by atoms with Gasteiger partial charge < -0.3 is 14.4 Å². The molecule has 0 saturated carbocycles. The van der Waals surface area contributed by atoms with Crippen LogP contribution in [0.4, 0.5) is 11.4 Å². The smallest absolute Gasteiger partial charge is 0.312 e. The van der Waals surface area contributed by atoms with E-state index in [2.05, 4.69) is 9.98 Å². The first kappa shape index (κ1) is 20.1. The van der Waals surface area contributed by atoms with E-state index in [1.807, 2.05) is 61.5 Å². The van der Waals surface area contributed by atoms with Gasteiger partial charge in [-0.3, -0.25) is 9.79 Å². The minimum Gasteiger partial charge on any atom is -0.479 e. The van der Waals surface area contributed by atoms with Crippen molar-refractivity contribution in [1.82, 2.24) is 4.98 Å². The fraction of sp³-hybridized carbons (Fsp3) is 0.0800. The van der Waals surface area contributed by atoms with Crippen molar-refractivity contribution in [2.75, 3.05) is 11.9 Å². The maximum atomic E-state index is 12.8. The van der Waals surface area contributed by atoms with Gasteiger partial charge in [-0.05, 0) is 49.4 Å². The lowest BCUT2D eigenvalue weighted by atomic mass is 10.1. The summed E-state index contributed by atoms with van der Waals surface area (Å²) in [5.41, 5.74) is 3.97.